The summed E-state index contributed by atoms with van der Waals surface area (Å²) in [6, 6.07) is 0. The molecule has 68 valence electrons. The Morgan fingerprint density at radius 2 is 1.27 bits per heavy atom. The van der Waals surface area contributed by atoms with Gasteiger partial charge >= 0.3 is 0 Å². The van der Waals surface area contributed by atoms with Crippen molar-refractivity contribution in [3.8, 4) is 0 Å². The highest BCUT2D eigenvalue weighted by Gasteiger charge is 2.44. The van der Waals surface area contributed by atoms with Gasteiger partial charge in [0.25, 0.3) is 0 Å². The summed E-state index contributed by atoms with van der Waals surface area (Å²) in [5.74, 6) is -2.59. The van der Waals surface area contributed by atoms with Gasteiger partial charge < -0.3 is 19.3 Å². The Balaban J connectivity index is 4.47. The van der Waals surface area contributed by atoms with E-state index in [-0.39, 0.29) is 0 Å². The van der Waals surface area contributed by atoms with Gasteiger partial charge in [-0.05, 0) is 13.8 Å². The Kier molecular flexibility index (Phi) is 3.44. The van der Waals surface area contributed by atoms with Crippen LogP contribution in [0.2, 0.25) is 0 Å². The first-order valence-corrected chi connectivity index (χ1v) is 3.31. The fourth-order valence-corrected chi connectivity index (χ4v) is 0.647. The molecule has 1 unspecified atom stereocenters. The summed E-state index contributed by atoms with van der Waals surface area (Å²) in [6.07, 6.45) is 0. The lowest BCUT2D eigenvalue weighted by atomic mass is 10.1. The van der Waals surface area contributed by atoms with Gasteiger partial charge in [-0.3, -0.25) is 0 Å². The molecule has 0 aliphatic rings. The van der Waals surface area contributed by atoms with Gasteiger partial charge in [-0.25, -0.2) is 0 Å². The molecule has 0 radical (unpaired) electrons. The van der Waals surface area contributed by atoms with E-state index in [1.165, 1.54) is 28.3 Å². The topological polar surface area (TPSA) is 47.9 Å². The van der Waals surface area contributed by atoms with Crippen LogP contribution in [-0.2, 0) is 14.2 Å². The highest BCUT2D eigenvalue weighted by molar-refractivity contribution is 4.77. The van der Waals surface area contributed by atoms with Crippen LogP contribution in [0, 0.1) is 0 Å². The average molecular weight is 164 g/mol. The molecule has 0 heterocycles. The lowest BCUT2D eigenvalue weighted by Gasteiger charge is -2.38. The first-order chi connectivity index (χ1) is 4.93. The first kappa shape index (κ1) is 10.8. The third-order valence-corrected chi connectivity index (χ3v) is 2.02. The van der Waals surface area contributed by atoms with E-state index < -0.39 is 11.6 Å². The van der Waals surface area contributed by atoms with Crippen LogP contribution in [0.3, 0.4) is 0 Å². The van der Waals surface area contributed by atoms with Crippen molar-refractivity contribution in [1.82, 2.24) is 0 Å². The summed E-state index contributed by atoms with van der Waals surface area (Å²) in [5.41, 5.74) is 0. The van der Waals surface area contributed by atoms with E-state index in [4.69, 9.17) is 14.2 Å². The molecule has 1 atom stereocenters. The fraction of sp³-hybridized carbons (Fsp3) is 1.00. The average Bonchev–Trinajstić information content (AvgIpc) is 2.02. The van der Waals surface area contributed by atoms with Gasteiger partial charge in [-0.2, -0.15) is 0 Å². The number of hydrogen-bond donors (Lipinski definition) is 1. The summed E-state index contributed by atoms with van der Waals surface area (Å²) in [4.78, 5) is 0. The number of rotatable bonds is 4. The molecule has 0 bridgehead atoms. The van der Waals surface area contributed by atoms with Gasteiger partial charge in [0.05, 0.1) is 0 Å². The summed E-state index contributed by atoms with van der Waals surface area (Å²) >= 11 is 0. The van der Waals surface area contributed by atoms with Crippen molar-refractivity contribution < 1.29 is 19.3 Å². The zero-order chi connectivity index (χ0) is 9.12. The predicted octanol–water partition coefficient (Wildman–Crippen LogP) is 0.350. The largest absolute Gasteiger partial charge is 0.362 e. The molecule has 0 aromatic heterocycles. The monoisotopic (exact) mass is 164 g/mol. The van der Waals surface area contributed by atoms with E-state index in [1.54, 1.807) is 6.92 Å². The Hall–Kier alpha value is -0.160. The Morgan fingerprint density at radius 3 is 1.36 bits per heavy atom. The molecule has 0 aromatic rings. The zero-order valence-corrected chi connectivity index (χ0v) is 7.67. The van der Waals surface area contributed by atoms with Crippen LogP contribution in [0.25, 0.3) is 0 Å². The van der Waals surface area contributed by atoms with Crippen LogP contribution in [-0.4, -0.2) is 38.0 Å². The normalized spacial score (nSPS) is 18.0. The van der Waals surface area contributed by atoms with Gasteiger partial charge in [-0.1, -0.05) is 0 Å². The van der Waals surface area contributed by atoms with E-state index >= 15 is 0 Å². The maximum absolute atomic E-state index is 9.57. The second-order valence-corrected chi connectivity index (χ2v) is 2.54. The van der Waals surface area contributed by atoms with Gasteiger partial charge in [0, 0.05) is 21.3 Å². The van der Waals surface area contributed by atoms with Crippen molar-refractivity contribution in [3.05, 3.63) is 0 Å². The number of ether oxygens (including phenoxy) is 3. The molecule has 11 heavy (non-hydrogen) atoms. The molecule has 0 aliphatic carbocycles. The summed E-state index contributed by atoms with van der Waals surface area (Å²) in [7, 11) is 4.27. The van der Waals surface area contributed by atoms with E-state index in [9.17, 15) is 5.11 Å². The van der Waals surface area contributed by atoms with Gasteiger partial charge in [-0.15, -0.1) is 0 Å². The Labute approximate surface area is 67.1 Å². The minimum atomic E-state index is -1.45. The van der Waals surface area contributed by atoms with Crippen molar-refractivity contribution in [3.63, 3.8) is 0 Å². The number of aliphatic hydroxyl groups is 1. The molecule has 4 heteroatoms. The van der Waals surface area contributed by atoms with Gasteiger partial charge in [0.15, 0.2) is 0 Å². The molecule has 0 saturated carbocycles. The van der Waals surface area contributed by atoms with Crippen molar-refractivity contribution in [2.45, 2.75) is 25.4 Å². The molecule has 0 spiro atoms. The molecule has 0 amide bonds. The van der Waals surface area contributed by atoms with E-state index in [2.05, 4.69) is 0 Å². The van der Waals surface area contributed by atoms with Crippen LogP contribution >= 0.6 is 0 Å². The first-order valence-electron chi connectivity index (χ1n) is 3.31. The molecule has 4 nitrogen and oxygen atoms in total. The lowest BCUT2D eigenvalue weighted by molar-refractivity contribution is -0.364. The molecular weight excluding hydrogens is 148 g/mol. The minimum absolute atomic E-state index is 1.14. The summed E-state index contributed by atoms with van der Waals surface area (Å²) < 4.78 is 14.7. The second kappa shape index (κ2) is 3.49. The van der Waals surface area contributed by atoms with Gasteiger partial charge in [0.2, 0.25) is 11.6 Å². The van der Waals surface area contributed by atoms with E-state index in [0.717, 1.165) is 0 Å². The van der Waals surface area contributed by atoms with E-state index in [1.807, 2.05) is 0 Å². The molecule has 0 saturated heterocycles. The van der Waals surface area contributed by atoms with Gasteiger partial charge in [0.1, 0.15) is 0 Å². The highest BCUT2D eigenvalue weighted by atomic mass is 16.7. The fourth-order valence-electron chi connectivity index (χ4n) is 0.647. The molecule has 0 fully saturated rings. The molecule has 0 rings (SSSR count). The second-order valence-electron chi connectivity index (χ2n) is 2.54. The van der Waals surface area contributed by atoms with Crippen LogP contribution in [0.5, 0.6) is 0 Å². The maximum atomic E-state index is 9.57. The van der Waals surface area contributed by atoms with Crippen LogP contribution in [0.15, 0.2) is 0 Å². The molecule has 0 aliphatic heterocycles. The smallest absolute Gasteiger partial charge is 0.219 e. The third kappa shape index (κ3) is 1.90. The number of methoxy groups -OCH3 is 3. The van der Waals surface area contributed by atoms with Crippen molar-refractivity contribution in [2.24, 2.45) is 0 Å². The van der Waals surface area contributed by atoms with E-state index in [0.29, 0.717) is 0 Å². The van der Waals surface area contributed by atoms with Crippen molar-refractivity contribution in [2.75, 3.05) is 21.3 Å². The quantitative estimate of drug-likeness (QED) is 0.609. The predicted molar refractivity (Wildman–Crippen MR) is 40.1 cm³/mol. The van der Waals surface area contributed by atoms with Crippen LogP contribution in [0.4, 0.5) is 0 Å². The third-order valence-electron chi connectivity index (χ3n) is 2.02. The molecular formula is C7H16O4. The van der Waals surface area contributed by atoms with Crippen LogP contribution in [0.1, 0.15) is 13.8 Å². The Morgan fingerprint density at radius 1 is 0.909 bits per heavy atom. The molecule has 1 N–H and O–H groups in total. The van der Waals surface area contributed by atoms with Crippen molar-refractivity contribution >= 4 is 0 Å². The highest BCUT2D eigenvalue weighted by Crippen LogP contribution is 2.26. The van der Waals surface area contributed by atoms with Crippen LogP contribution < -0.4 is 0 Å². The minimum Gasteiger partial charge on any atom is -0.362 e. The maximum Gasteiger partial charge on any atom is 0.219 e. The van der Waals surface area contributed by atoms with Crippen molar-refractivity contribution in [1.29, 1.82) is 0 Å². The Bertz CT molecular complexity index is 118. The molecule has 0 aromatic carbocycles. The summed E-state index contributed by atoms with van der Waals surface area (Å²) in [6.45, 7) is 3.07. The summed E-state index contributed by atoms with van der Waals surface area (Å²) in [5, 5.41) is 9.57. The SMILES string of the molecule is COC(C)(O)C(C)(OC)OC. The standard InChI is InChI=1S/C7H16O4/c1-6(8,9-3)7(2,10-4)11-5/h8H,1-5H3. The lowest BCUT2D eigenvalue weighted by Crippen LogP contribution is -2.54. The zero-order valence-electron chi connectivity index (χ0n) is 7.67. The number of hydrogen-bond acceptors (Lipinski definition) is 4.